The molecule has 0 bridgehead atoms. The van der Waals surface area contributed by atoms with Crippen molar-refractivity contribution in [3.05, 3.63) is 11.8 Å². The summed E-state index contributed by atoms with van der Waals surface area (Å²) in [7, 11) is 0. The van der Waals surface area contributed by atoms with E-state index < -0.39 is 11.7 Å². The van der Waals surface area contributed by atoms with Gasteiger partial charge in [-0.15, -0.1) is 0 Å². The van der Waals surface area contributed by atoms with Crippen molar-refractivity contribution in [1.82, 2.24) is 10.2 Å². The summed E-state index contributed by atoms with van der Waals surface area (Å²) in [6, 6.07) is 1.53. The van der Waals surface area contributed by atoms with Gasteiger partial charge in [0.1, 0.15) is 5.60 Å². The van der Waals surface area contributed by atoms with E-state index in [-0.39, 0.29) is 6.61 Å². The summed E-state index contributed by atoms with van der Waals surface area (Å²) in [6.45, 7) is 5.17. The fourth-order valence-electron chi connectivity index (χ4n) is 0.915. The molecule has 1 amide bonds. The van der Waals surface area contributed by atoms with Crippen molar-refractivity contribution in [1.29, 1.82) is 0 Å². The Labute approximate surface area is 87.6 Å². The van der Waals surface area contributed by atoms with Crippen LogP contribution in [0.3, 0.4) is 0 Å². The van der Waals surface area contributed by atoms with Crippen molar-refractivity contribution in [2.75, 3.05) is 5.32 Å². The molecular weight excluding hydrogens is 198 g/mol. The number of hydrogen-bond donors (Lipinski definition) is 3. The third-order valence-electron chi connectivity index (χ3n) is 1.43. The molecule has 1 heterocycles. The van der Waals surface area contributed by atoms with Gasteiger partial charge in [0.2, 0.25) is 0 Å². The Morgan fingerprint density at radius 2 is 2.33 bits per heavy atom. The molecule has 84 valence electrons. The van der Waals surface area contributed by atoms with Gasteiger partial charge in [0.15, 0.2) is 5.82 Å². The number of ether oxygens (including phenoxy) is 1. The highest BCUT2D eigenvalue weighted by Crippen LogP contribution is 2.10. The maximum absolute atomic E-state index is 11.3. The third kappa shape index (κ3) is 3.99. The zero-order valence-corrected chi connectivity index (χ0v) is 9.00. The number of carbonyl (C=O) groups excluding carboxylic acids is 1. The number of aliphatic hydroxyl groups is 1. The van der Waals surface area contributed by atoms with Crippen molar-refractivity contribution >= 4 is 11.9 Å². The Kier molecular flexibility index (Phi) is 3.31. The third-order valence-corrected chi connectivity index (χ3v) is 1.43. The topological polar surface area (TPSA) is 87.2 Å². The van der Waals surface area contributed by atoms with Crippen LogP contribution in [0.2, 0.25) is 0 Å². The predicted molar refractivity (Wildman–Crippen MR) is 54.4 cm³/mol. The van der Waals surface area contributed by atoms with E-state index in [1.54, 1.807) is 20.8 Å². The van der Waals surface area contributed by atoms with Gasteiger partial charge in [-0.1, -0.05) is 0 Å². The number of H-pyrrole nitrogens is 1. The number of hydrogen-bond acceptors (Lipinski definition) is 4. The SMILES string of the molecule is CC(C)(C)OC(=O)Nc1cc(CO)[nH]n1. The molecule has 0 aliphatic rings. The van der Waals surface area contributed by atoms with E-state index in [9.17, 15) is 4.79 Å². The second kappa shape index (κ2) is 4.31. The first-order valence-corrected chi connectivity index (χ1v) is 4.56. The lowest BCUT2D eigenvalue weighted by Crippen LogP contribution is -2.27. The number of aromatic nitrogens is 2. The van der Waals surface area contributed by atoms with Crippen molar-refractivity contribution < 1.29 is 14.6 Å². The molecule has 6 nitrogen and oxygen atoms in total. The molecule has 0 spiro atoms. The molecule has 0 aliphatic heterocycles. The number of rotatable bonds is 2. The first-order valence-electron chi connectivity index (χ1n) is 4.56. The number of carbonyl (C=O) groups is 1. The van der Waals surface area contributed by atoms with Crippen LogP contribution in [0.1, 0.15) is 26.5 Å². The van der Waals surface area contributed by atoms with Crippen LogP contribution in [0.4, 0.5) is 10.6 Å². The number of amides is 1. The number of aliphatic hydroxyl groups excluding tert-OH is 1. The minimum absolute atomic E-state index is 0.150. The average molecular weight is 213 g/mol. The summed E-state index contributed by atoms with van der Waals surface area (Å²) in [5, 5.41) is 17.5. The molecule has 0 saturated heterocycles. The monoisotopic (exact) mass is 213 g/mol. The highest BCUT2D eigenvalue weighted by molar-refractivity contribution is 5.83. The minimum atomic E-state index is -0.571. The zero-order chi connectivity index (χ0) is 11.5. The molecule has 0 fully saturated rings. The lowest BCUT2D eigenvalue weighted by atomic mass is 10.2. The van der Waals surface area contributed by atoms with Gasteiger partial charge >= 0.3 is 6.09 Å². The molecule has 0 atom stereocenters. The summed E-state index contributed by atoms with van der Waals surface area (Å²) in [6.07, 6.45) is -0.571. The average Bonchev–Trinajstić information content (AvgIpc) is 2.48. The van der Waals surface area contributed by atoms with Gasteiger partial charge in [0.05, 0.1) is 12.3 Å². The summed E-state index contributed by atoms with van der Waals surface area (Å²) >= 11 is 0. The van der Waals surface area contributed by atoms with Gasteiger partial charge in [0, 0.05) is 6.07 Å². The highest BCUT2D eigenvalue weighted by atomic mass is 16.6. The number of aromatic amines is 1. The van der Waals surface area contributed by atoms with E-state index in [1.807, 2.05) is 0 Å². The quantitative estimate of drug-likeness (QED) is 0.690. The normalized spacial score (nSPS) is 11.2. The van der Waals surface area contributed by atoms with Crippen LogP contribution in [-0.4, -0.2) is 27.0 Å². The van der Waals surface area contributed by atoms with Crippen molar-refractivity contribution in [3.63, 3.8) is 0 Å². The van der Waals surface area contributed by atoms with Crippen LogP contribution in [-0.2, 0) is 11.3 Å². The van der Waals surface area contributed by atoms with Crippen LogP contribution in [0.5, 0.6) is 0 Å². The molecule has 0 radical (unpaired) electrons. The maximum Gasteiger partial charge on any atom is 0.413 e. The summed E-state index contributed by atoms with van der Waals surface area (Å²) in [4.78, 5) is 11.3. The molecule has 15 heavy (non-hydrogen) atoms. The summed E-state index contributed by atoms with van der Waals surface area (Å²) < 4.78 is 5.02. The lowest BCUT2D eigenvalue weighted by molar-refractivity contribution is 0.0635. The van der Waals surface area contributed by atoms with Crippen molar-refractivity contribution in [2.24, 2.45) is 0 Å². The molecule has 3 N–H and O–H groups in total. The Hall–Kier alpha value is -1.56. The van der Waals surface area contributed by atoms with E-state index >= 15 is 0 Å². The molecule has 1 aromatic rings. The van der Waals surface area contributed by atoms with Crippen molar-refractivity contribution in [2.45, 2.75) is 33.0 Å². The van der Waals surface area contributed by atoms with Crippen LogP contribution in [0.25, 0.3) is 0 Å². The second-order valence-electron chi connectivity index (χ2n) is 4.06. The molecule has 0 unspecified atom stereocenters. The van der Waals surface area contributed by atoms with Crippen LogP contribution < -0.4 is 5.32 Å². The largest absolute Gasteiger partial charge is 0.444 e. The minimum Gasteiger partial charge on any atom is -0.444 e. The highest BCUT2D eigenvalue weighted by Gasteiger charge is 2.16. The molecule has 0 saturated carbocycles. The fourth-order valence-corrected chi connectivity index (χ4v) is 0.915. The fraction of sp³-hybridized carbons (Fsp3) is 0.556. The Balaban J connectivity index is 2.51. The molecule has 0 aliphatic carbocycles. The molecule has 0 aromatic carbocycles. The Morgan fingerprint density at radius 3 is 2.80 bits per heavy atom. The zero-order valence-electron chi connectivity index (χ0n) is 9.00. The summed E-state index contributed by atoms with van der Waals surface area (Å²) in [5.74, 6) is 0.327. The van der Waals surface area contributed by atoms with Crippen LogP contribution >= 0.6 is 0 Å². The lowest BCUT2D eigenvalue weighted by Gasteiger charge is -2.18. The maximum atomic E-state index is 11.3. The molecule has 1 aromatic heterocycles. The number of nitrogens with one attached hydrogen (secondary N) is 2. The first kappa shape index (κ1) is 11.5. The van der Waals surface area contributed by atoms with E-state index in [2.05, 4.69) is 15.5 Å². The number of nitrogens with zero attached hydrogens (tertiary/aromatic N) is 1. The van der Waals surface area contributed by atoms with E-state index in [0.717, 1.165) is 0 Å². The Morgan fingerprint density at radius 1 is 1.67 bits per heavy atom. The first-order chi connectivity index (χ1) is 6.90. The van der Waals surface area contributed by atoms with Gasteiger partial charge in [0.25, 0.3) is 0 Å². The van der Waals surface area contributed by atoms with E-state index in [1.165, 1.54) is 6.07 Å². The molecule has 1 rings (SSSR count). The second-order valence-corrected chi connectivity index (χ2v) is 4.06. The van der Waals surface area contributed by atoms with Gasteiger partial charge in [-0.3, -0.25) is 10.4 Å². The summed E-state index contributed by atoms with van der Waals surface area (Å²) in [5.41, 5.74) is -0.0127. The van der Waals surface area contributed by atoms with E-state index in [0.29, 0.717) is 11.5 Å². The molecular formula is C9H15N3O3. The molecule has 6 heteroatoms. The van der Waals surface area contributed by atoms with Crippen molar-refractivity contribution in [3.8, 4) is 0 Å². The van der Waals surface area contributed by atoms with Gasteiger partial charge in [-0.05, 0) is 20.8 Å². The van der Waals surface area contributed by atoms with E-state index in [4.69, 9.17) is 9.84 Å². The van der Waals surface area contributed by atoms with Gasteiger partial charge < -0.3 is 9.84 Å². The standard InChI is InChI=1S/C9H15N3O3/c1-9(2,3)15-8(14)10-7-4-6(5-13)11-12-7/h4,13H,5H2,1-3H3,(H2,10,11,12,14). The van der Waals surface area contributed by atoms with Crippen LogP contribution in [0.15, 0.2) is 6.07 Å². The smallest absolute Gasteiger partial charge is 0.413 e. The van der Waals surface area contributed by atoms with Gasteiger partial charge in [-0.2, -0.15) is 5.10 Å². The predicted octanol–water partition coefficient (Wildman–Crippen LogP) is 1.25. The Bertz CT molecular complexity index is 341. The number of anilines is 1. The van der Waals surface area contributed by atoms with Gasteiger partial charge in [-0.25, -0.2) is 4.79 Å². The van der Waals surface area contributed by atoms with Crippen LogP contribution in [0, 0.1) is 0 Å².